The number of hydrogen-bond donors (Lipinski definition) is 2. The van der Waals surface area contributed by atoms with Crippen LogP contribution in [0.1, 0.15) is 55.6 Å². The maximum atomic E-state index is 12.4. The van der Waals surface area contributed by atoms with Gasteiger partial charge < -0.3 is 10.2 Å². The molecule has 1 saturated carbocycles. The Morgan fingerprint density at radius 3 is 2.52 bits per heavy atom. The van der Waals surface area contributed by atoms with Crippen molar-refractivity contribution in [1.29, 1.82) is 0 Å². The van der Waals surface area contributed by atoms with Gasteiger partial charge in [0.15, 0.2) is 0 Å². The van der Waals surface area contributed by atoms with Gasteiger partial charge in [-0.3, -0.25) is 0 Å². The molecule has 1 aliphatic carbocycles. The van der Waals surface area contributed by atoms with E-state index in [2.05, 4.69) is 4.72 Å². The van der Waals surface area contributed by atoms with E-state index in [-0.39, 0.29) is 11.4 Å². The van der Waals surface area contributed by atoms with Gasteiger partial charge in [-0.2, -0.15) is 0 Å². The third kappa shape index (κ3) is 3.87. The topological polar surface area (TPSA) is 85.3 Å². The molecule has 0 radical (unpaired) electrons. The number of sulfonamides is 1. The Kier molecular flexibility index (Phi) is 5.46. The fourth-order valence-electron chi connectivity index (χ4n) is 3.27. The molecule has 21 heavy (non-hydrogen) atoms. The van der Waals surface area contributed by atoms with Gasteiger partial charge in [-0.05, 0) is 32.6 Å². The van der Waals surface area contributed by atoms with Gasteiger partial charge in [-0.15, -0.1) is 0 Å². The summed E-state index contributed by atoms with van der Waals surface area (Å²) in [6.07, 6.45) is 7.23. The van der Waals surface area contributed by atoms with E-state index in [0.29, 0.717) is 23.6 Å². The predicted molar refractivity (Wildman–Crippen MR) is 82.5 cm³/mol. The fraction of sp³-hybridized carbons (Fsp3) is 0.733. The Morgan fingerprint density at radius 2 is 1.90 bits per heavy atom. The molecule has 1 aromatic rings. The summed E-state index contributed by atoms with van der Waals surface area (Å²) in [7, 11) is -3.53. The molecular formula is C15H26N2O3S. The Bertz CT molecular complexity index is 572. The second-order valence-corrected chi connectivity index (χ2v) is 7.62. The molecule has 0 spiro atoms. The molecule has 0 amide bonds. The quantitative estimate of drug-likeness (QED) is 0.758. The molecule has 120 valence electrons. The van der Waals surface area contributed by atoms with Gasteiger partial charge in [-0.1, -0.05) is 25.7 Å². The smallest absolute Gasteiger partial charge is 0.244 e. The summed E-state index contributed by atoms with van der Waals surface area (Å²) >= 11 is 0. The van der Waals surface area contributed by atoms with Gasteiger partial charge in [-0.25, -0.2) is 13.1 Å². The summed E-state index contributed by atoms with van der Waals surface area (Å²) in [6, 6.07) is 0. The number of aryl methyl sites for hydroxylation is 2. The lowest BCUT2D eigenvalue weighted by atomic mass is 10.0. The first-order chi connectivity index (χ1) is 9.95. The highest BCUT2D eigenvalue weighted by atomic mass is 32.2. The summed E-state index contributed by atoms with van der Waals surface area (Å²) in [6.45, 7) is 4.06. The largest absolute Gasteiger partial charge is 0.465 e. The third-order valence-corrected chi connectivity index (χ3v) is 6.01. The minimum atomic E-state index is -3.53. The molecule has 1 aliphatic rings. The standard InChI is InChI=1S/C15H26N2O3S/c1-11-14(10-16)15(12(2)20-11)21(18,19)17-9-5-8-13-6-3-4-7-13/h13,17H,3-10,16H2,1-2H3. The summed E-state index contributed by atoms with van der Waals surface area (Å²) in [5.74, 6) is 1.78. The maximum Gasteiger partial charge on any atom is 0.244 e. The second kappa shape index (κ2) is 6.94. The molecule has 0 aliphatic heterocycles. The van der Waals surface area contributed by atoms with Crippen LogP contribution in [0.3, 0.4) is 0 Å². The molecular weight excluding hydrogens is 288 g/mol. The molecule has 1 fully saturated rings. The average molecular weight is 314 g/mol. The SMILES string of the molecule is Cc1oc(C)c(S(=O)(=O)NCCCC2CCCC2)c1CN. The van der Waals surface area contributed by atoms with E-state index in [4.69, 9.17) is 10.2 Å². The van der Waals surface area contributed by atoms with Crippen molar-refractivity contribution in [2.75, 3.05) is 6.54 Å². The number of nitrogens with one attached hydrogen (secondary N) is 1. The highest BCUT2D eigenvalue weighted by Gasteiger charge is 2.25. The fourth-order valence-corrected chi connectivity index (χ4v) is 4.80. The van der Waals surface area contributed by atoms with Gasteiger partial charge in [0.05, 0.1) is 0 Å². The Morgan fingerprint density at radius 1 is 1.24 bits per heavy atom. The molecule has 6 heteroatoms. The molecule has 1 heterocycles. The molecule has 0 saturated heterocycles. The molecule has 0 atom stereocenters. The first kappa shape index (κ1) is 16.5. The van der Waals surface area contributed by atoms with Crippen LogP contribution in [0, 0.1) is 19.8 Å². The van der Waals surface area contributed by atoms with Crippen molar-refractivity contribution in [1.82, 2.24) is 4.72 Å². The van der Waals surface area contributed by atoms with Crippen LogP contribution in [0.4, 0.5) is 0 Å². The van der Waals surface area contributed by atoms with Crippen LogP contribution in [0.15, 0.2) is 9.31 Å². The Hall–Kier alpha value is -0.850. The molecule has 0 aromatic carbocycles. The summed E-state index contributed by atoms with van der Waals surface area (Å²) < 4.78 is 32.9. The monoisotopic (exact) mass is 314 g/mol. The van der Waals surface area contributed by atoms with Crippen LogP contribution in [0.5, 0.6) is 0 Å². The van der Waals surface area contributed by atoms with E-state index in [1.54, 1.807) is 13.8 Å². The van der Waals surface area contributed by atoms with Crippen LogP contribution in [0.25, 0.3) is 0 Å². The Balaban J connectivity index is 1.95. The predicted octanol–water partition coefficient (Wildman–Crippen LogP) is 2.60. The molecule has 0 bridgehead atoms. The summed E-state index contributed by atoms with van der Waals surface area (Å²) in [5.41, 5.74) is 6.23. The molecule has 1 aromatic heterocycles. The first-order valence-electron chi connectivity index (χ1n) is 7.74. The normalized spacial score (nSPS) is 16.7. The lowest BCUT2D eigenvalue weighted by molar-refractivity contribution is 0.479. The van der Waals surface area contributed by atoms with Crippen molar-refractivity contribution in [3.05, 3.63) is 17.1 Å². The maximum absolute atomic E-state index is 12.4. The van der Waals surface area contributed by atoms with E-state index in [1.807, 2.05) is 0 Å². The van der Waals surface area contributed by atoms with E-state index in [9.17, 15) is 8.42 Å². The lowest BCUT2D eigenvalue weighted by Crippen LogP contribution is -2.26. The van der Waals surface area contributed by atoms with Crippen molar-refractivity contribution in [3.63, 3.8) is 0 Å². The van der Waals surface area contributed by atoms with Gasteiger partial charge >= 0.3 is 0 Å². The van der Waals surface area contributed by atoms with Crippen molar-refractivity contribution in [2.45, 2.75) is 63.8 Å². The van der Waals surface area contributed by atoms with Crippen molar-refractivity contribution in [3.8, 4) is 0 Å². The zero-order valence-corrected chi connectivity index (χ0v) is 13.8. The van der Waals surface area contributed by atoms with E-state index >= 15 is 0 Å². The van der Waals surface area contributed by atoms with Crippen LogP contribution < -0.4 is 10.5 Å². The van der Waals surface area contributed by atoms with Gasteiger partial charge in [0.1, 0.15) is 16.4 Å². The molecule has 3 N–H and O–H groups in total. The molecule has 2 rings (SSSR count). The summed E-state index contributed by atoms with van der Waals surface area (Å²) in [5, 5.41) is 0. The number of rotatable bonds is 7. The molecule has 5 nitrogen and oxygen atoms in total. The second-order valence-electron chi connectivity index (χ2n) is 5.92. The van der Waals surface area contributed by atoms with Crippen molar-refractivity contribution in [2.24, 2.45) is 11.7 Å². The zero-order chi connectivity index (χ0) is 15.5. The highest BCUT2D eigenvalue weighted by Crippen LogP contribution is 2.29. The van der Waals surface area contributed by atoms with E-state index in [0.717, 1.165) is 18.8 Å². The van der Waals surface area contributed by atoms with Crippen LogP contribution >= 0.6 is 0 Å². The number of nitrogens with two attached hydrogens (primary N) is 1. The van der Waals surface area contributed by atoms with Gasteiger partial charge in [0, 0.05) is 18.7 Å². The zero-order valence-electron chi connectivity index (χ0n) is 12.9. The van der Waals surface area contributed by atoms with E-state index < -0.39 is 10.0 Å². The number of hydrogen-bond acceptors (Lipinski definition) is 4. The average Bonchev–Trinajstić information content (AvgIpc) is 3.02. The van der Waals surface area contributed by atoms with Crippen molar-refractivity contribution >= 4 is 10.0 Å². The van der Waals surface area contributed by atoms with Crippen molar-refractivity contribution < 1.29 is 12.8 Å². The van der Waals surface area contributed by atoms with E-state index in [1.165, 1.54) is 25.7 Å². The van der Waals surface area contributed by atoms with Crippen LogP contribution in [-0.2, 0) is 16.6 Å². The first-order valence-corrected chi connectivity index (χ1v) is 9.22. The Labute approximate surface area is 127 Å². The minimum absolute atomic E-state index is 0.168. The molecule has 0 unspecified atom stereocenters. The van der Waals surface area contributed by atoms with Gasteiger partial charge in [0.25, 0.3) is 0 Å². The van der Waals surface area contributed by atoms with Gasteiger partial charge in [0.2, 0.25) is 10.0 Å². The highest BCUT2D eigenvalue weighted by molar-refractivity contribution is 7.89. The van der Waals surface area contributed by atoms with Crippen LogP contribution in [0.2, 0.25) is 0 Å². The lowest BCUT2D eigenvalue weighted by Gasteiger charge is -2.10. The third-order valence-electron chi connectivity index (χ3n) is 4.35. The summed E-state index contributed by atoms with van der Waals surface area (Å²) in [4.78, 5) is 0.225. The minimum Gasteiger partial charge on any atom is -0.465 e. The van der Waals surface area contributed by atoms with Crippen LogP contribution in [-0.4, -0.2) is 15.0 Å². The number of furan rings is 1.